The average molecular weight is 255 g/mol. The van der Waals surface area contributed by atoms with Crippen molar-refractivity contribution in [3.63, 3.8) is 0 Å². The van der Waals surface area contributed by atoms with E-state index in [-0.39, 0.29) is 0 Å². The molecule has 0 aromatic heterocycles. The SMILES string of the molecule is Cc1cc(C(=O)O)ccc1Nc1c(C)cccc1C. The van der Waals surface area contributed by atoms with Crippen LogP contribution in [-0.4, -0.2) is 11.1 Å². The number of carboxylic acid groups (broad SMARTS) is 1. The number of nitrogens with one attached hydrogen (secondary N) is 1. The van der Waals surface area contributed by atoms with Crippen LogP contribution < -0.4 is 5.32 Å². The third-order valence-electron chi connectivity index (χ3n) is 3.21. The molecule has 2 aromatic carbocycles. The van der Waals surface area contributed by atoms with Crippen LogP contribution in [0.2, 0.25) is 0 Å². The van der Waals surface area contributed by atoms with Crippen LogP contribution in [0.25, 0.3) is 0 Å². The van der Waals surface area contributed by atoms with Crippen molar-refractivity contribution in [3.8, 4) is 0 Å². The first kappa shape index (κ1) is 13.1. The Morgan fingerprint density at radius 3 is 2.16 bits per heavy atom. The molecule has 0 bridgehead atoms. The van der Waals surface area contributed by atoms with Crippen molar-refractivity contribution in [2.75, 3.05) is 5.32 Å². The summed E-state index contributed by atoms with van der Waals surface area (Å²) in [6, 6.07) is 11.2. The minimum atomic E-state index is -0.901. The summed E-state index contributed by atoms with van der Waals surface area (Å²) in [6.45, 7) is 6.01. The summed E-state index contributed by atoms with van der Waals surface area (Å²) in [5.41, 5.74) is 5.58. The van der Waals surface area contributed by atoms with Gasteiger partial charge in [-0.2, -0.15) is 0 Å². The zero-order valence-corrected chi connectivity index (χ0v) is 11.3. The number of hydrogen-bond donors (Lipinski definition) is 2. The van der Waals surface area contributed by atoms with Gasteiger partial charge in [0.1, 0.15) is 0 Å². The Hall–Kier alpha value is -2.29. The van der Waals surface area contributed by atoms with Gasteiger partial charge in [0.2, 0.25) is 0 Å². The van der Waals surface area contributed by atoms with E-state index in [2.05, 4.69) is 31.3 Å². The molecule has 2 rings (SSSR count). The van der Waals surface area contributed by atoms with E-state index >= 15 is 0 Å². The molecule has 0 aliphatic carbocycles. The predicted molar refractivity (Wildman–Crippen MR) is 77.3 cm³/mol. The molecule has 3 heteroatoms. The second kappa shape index (κ2) is 5.14. The Morgan fingerprint density at radius 2 is 1.63 bits per heavy atom. The van der Waals surface area contributed by atoms with Crippen LogP contribution in [-0.2, 0) is 0 Å². The van der Waals surface area contributed by atoms with E-state index in [0.29, 0.717) is 5.56 Å². The number of carboxylic acids is 1. The van der Waals surface area contributed by atoms with Crippen molar-refractivity contribution < 1.29 is 9.90 Å². The molecule has 2 aromatic rings. The fourth-order valence-electron chi connectivity index (χ4n) is 2.08. The number of rotatable bonds is 3. The molecule has 0 spiro atoms. The van der Waals surface area contributed by atoms with Gasteiger partial charge < -0.3 is 10.4 Å². The topological polar surface area (TPSA) is 49.3 Å². The maximum Gasteiger partial charge on any atom is 0.335 e. The molecule has 0 radical (unpaired) electrons. The summed E-state index contributed by atoms with van der Waals surface area (Å²) in [4.78, 5) is 10.9. The molecule has 0 atom stereocenters. The van der Waals surface area contributed by atoms with Crippen molar-refractivity contribution in [1.29, 1.82) is 0 Å². The third-order valence-corrected chi connectivity index (χ3v) is 3.21. The van der Waals surface area contributed by atoms with E-state index in [9.17, 15) is 4.79 Å². The number of carbonyl (C=O) groups is 1. The smallest absolute Gasteiger partial charge is 0.335 e. The Morgan fingerprint density at radius 1 is 1.00 bits per heavy atom. The summed E-state index contributed by atoms with van der Waals surface area (Å²) in [5, 5.41) is 12.3. The summed E-state index contributed by atoms with van der Waals surface area (Å²) in [6.07, 6.45) is 0. The zero-order chi connectivity index (χ0) is 14.0. The highest BCUT2D eigenvalue weighted by Crippen LogP contribution is 2.26. The average Bonchev–Trinajstić information content (AvgIpc) is 2.35. The van der Waals surface area contributed by atoms with E-state index < -0.39 is 5.97 Å². The molecule has 0 fully saturated rings. The highest BCUT2D eigenvalue weighted by molar-refractivity contribution is 5.88. The number of anilines is 2. The van der Waals surface area contributed by atoms with Crippen molar-refractivity contribution in [2.24, 2.45) is 0 Å². The molecular formula is C16H17NO2. The van der Waals surface area contributed by atoms with Crippen molar-refractivity contribution >= 4 is 17.3 Å². The third kappa shape index (κ3) is 2.76. The largest absolute Gasteiger partial charge is 0.478 e. The minimum absolute atomic E-state index is 0.310. The minimum Gasteiger partial charge on any atom is -0.478 e. The first-order chi connectivity index (χ1) is 8.99. The summed E-state index contributed by atoms with van der Waals surface area (Å²) < 4.78 is 0. The Bertz CT molecular complexity index is 612. The first-order valence-electron chi connectivity index (χ1n) is 6.16. The van der Waals surface area contributed by atoms with E-state index in [1.165, 1.54) is 11.1 Å². The predicted octanol–water partition coefficient (Wildman–Crippen LogP) is 4.05. The lowest BCUT2D eigenvalue weighted by Crippen LogP contribution is -2.01. The fraction of sp³-hybridized carbons (Fsp3) is 0.188. The highest BCUT2D eigenvalue weighted by atomic mass is 16.4. The standard InChI is InChI=1S/C16H17NO2/c1-10-5-4-6-11(2)15(10)17-14-8-7-13(16(18)19)9-12(14)3/h4-9,17H,1-3H3,(H,18,19). The molecule has 2 N–H and O–H groups in total. The number of hydrogen-bond acceptors (Lipinski definition) is 2. The lowest BCUT2D eigenvalue weighted by atomic mass is 10.1. The van der Waals surface area contributed by atoms with Gasteiger partial charge in [0, 0.05) is 11.4 Å². The lowest BCUT2D eigenvalue weighted by molar-refractivity contribution is 0.0697. The van der Waals surface area contributed by atoms with Gasteiger partial charge >= 0.3 is 5.97 Å². The molecule has 0 aliphatic heterocycles. The normalized spacial score (nSPS) is 10.3. The van der Waals surface area contributed by atoms with Crippen LogP contribution in [0.4, 0.5) is 11.4 Å². The van der Waals surface area contributed by atoms with Crippen LogP contribution >= 0.6 is 0 Å². The molecule has 3 nitrogen and oxygen atoms in total. The maximum absolute atomic E-state index is 10.9. The molecule has 0 saturated heterocycles. The second-order valence-corrected chi connectivity index (χ2v) is 4.73. The van der Waals surface area contributed by atoms with Gasteiger partial charge in [-0.1, -0.05) is 18.2 Å². The second-order valence-electron chi connectivity index (χ2n) is 4.73. The monoisotopic (exact) mass is 255 g/mol. The van der Waals surface area contributed by atoms with Gasteiger partial charge in [-0.25, -0.2) is 4.79 Å². The van der Waals surface area contributed by atoms with Gasteiger partial charge in [-0.15, -0.1) is 0 Å². The van der Waals surface area contributed by atoms with Crippen molar-refractivity contribution in [2.45, 2.75) is 20.8 Å². The molecule has 0 heterocycles. The Balaban J connectivity index is 2.36. The van der Waals surface area contributed by atoms with E-state index in [1.54, 1.807) is 12.1 Å². The Labute approximate surface area is 112 Å². The van der Waals surface area contributed by atoms with Gasteiger partial charge in [0.05, 0.1) is 5.56 Å². The molecule has 0 amide bonds. The lowest BCUT2D eigenvalue weighted by Gasteiger charge is -2.14. The van der Waals surface area contributed by atoms with Crippen LogP contribution in [0.1, 0.15) is 27.0 Å². The summed E-state index contributed by atoms with van der Waals surface area (Å²) in [7, 11) is 0. The van der Waals surface area contributed by atoms with Crippen LogP contribution in [0.5, 0.6) is 0 Å². The fourth-order valence-corrected chi connectivity index (χ4v) is 2.08. The summed E-state index contributed by atoms with van der Waals surface area (Å²) in [5.74, 6) is -0.901. The zero-order valence-electron chi connectivity index (χ0n) is 11.3. The van der Waals surface area contributed by atoms with Crippen molar-refractivity contribution in [1.82, 2.24) is 0 Å². The number of aromatic carboxylic acids is 1. The molecule has 19 heavy (non-hydrogen) atoms. The van der Waals surface area contributed by atoms with Crippen LogP contribution in [0.3, 0.4) is 0 Å². The first-order valence-corrected chi connectivity index (χ1v) is 6.16. The Kier molecular flexibility index (Phi) is 3.56. The van der Waals surface area contributed by atoms with E-state index in [4.69, 9.17) is 5.11 Å². The highest BCUT2D eigenvalue weighted by Gasteiger charge is 2.08. The van der Waals surface area contributed by atoms with Crippen molar-refractivity contribution in [3.05, 3.63) is 58.7 Å². The number of benzene rings is 2. The summed E-state index contributed by atoms with van der Waals surface area (Å²) >= 11 is 0. The van der Waals surface area contributed by atoms with Gasteiger partial charge in [0.15, 0.2) is 0 Å². The van der Waals surface area contributed by atoms with Gasteiger partial charge in [0.25, 0.3) is 0 Å². The molecule has 98 valence electrons. The molecule has 0 aliphatic rings. The molecule has 0 saturated carbocycles. The van der Waals surface area contributed by atoms with Crippen LogP contribution in [0.15, 0.2) is 36.4 Å². The van der Waals surface area contributed by atoms with E-state index in [1.807, 2.05) is 19.1 Å². The quantitative estimate of drug-likeness (QED) is 0.869. The number of para-hydroxylation sites is 1. The van der Waals surface area contributed by atoms with Gasteiger partial charge in [-0.05, 0) is 55.7 Å². The van der Waals surface area contributed by atoms with Crippen LogP contribution in [0, 0.1) is 20.8 Å². The molecule has 0 unspecified atom stereocenters. The molecular weight excluding hydrogens is 238 g/mol. The van der Waals surface area contributed by atoms with Gasteiger partial charge in [-0.3, -0.25) is 0 Å². The number of aryl methyl sites for hydroxylation is 3. The van der Waals surface area contributed by atoms with E-state index in [0.717, 1.165) is 16.9 Å². The maximum atomic E-state index is 10.9.